The number of esters is 1. The highest BCUT2D eigenvalue weighted by Crippen LogP contribution is 2.46. The number of carbonyl (C=O) groups is 2. The van der Waals surface area contributed by atoms with Crippen molar-refractivity contribution in [3.8, 4) is 0 Å². The van der Waals surface area contributed by atoms with Crippen molar-refractivity contribution in [2.45, 2.75) is 44.4 Å². The van der Waals surface area contributed by atoms with Gasteiger partial charge in [0.05, 0.1) is 18.7 Å². The number of aromatic nitrogens is 1. The molecule has 1 amide bonds. The van der Waals surface area contributed by atoms with Crippen LogP contribution in [0.25, 0.3) is 11.1 Å². The van der Waals surface area contributed by atoms with Gasteiger partial charge >= 0.3 is 5.97 Å². The standard InChI is InChI=1S/C24H27N3O4S/c1-2-30-24(29)21-17(15-9-10-15)14-32-23(21)26-20(28)13-27-11-5-6-16(12-27)22-25-18-7-3-4-8-19(18)31-22/h3-4,7-8,14-16H,2,5-6,9-13H2,1H3,(H,26,28). The molecule has 8 heteroatoms. The van der Waals surface area contributed by atoms with E-state index >= 15 is 0 Å². The van der Waals surface area contributed by atoms with E-state index in [2.05, 4.69) is 15.2 Å². The van der Waals surface area contributed by atoms with Gasteiger partial charge in [0.1, 0.15) is 10.5 Å². The van der Waals surface area contributed by atoms with E-state index in [4.69, 9.17) is 9.15 Å². The largest absolute Gasteiger partial charge is 0.462 e. The number of nitrogens with zero attached hydrogens (tertiary/aromatic N) is 2. The van der Waals surface area contributed by atoms with E-state index in [1.54, 1.807) is 6.92 Å². The SMILES string of the molecule is CCOC(=O)c1c(C2CC2)csc1NC(=O)CN1CCCC(c2nc3ccccc3o2)C1. The summed E-state index contributed by atoms with van der Waals surface area (Å²) in [5, 5.41) is 5.56. The highest BCUT2D eigenvalue weighted by atomic mass is 32.1. The third kappa shape index (κ3) is 4.42. The van der Waals surface area contributed by atoms with Crippen molar-refractivity contribution < 1.29 is 18.7 Å². The fourth-order valence-corrected chi connectivity index (χ4v) is 5.45. The second-order valence-corrected chi connectivity index (χ2v) is 9.41. The number of oxazole rings is 1. The van der Waals surface area contributed by atoms with Gasteiger partial charge < -0.3 is 14.5 Å². The number of rotatable bonds is 7. The van der Waals surface area contributed by atoms with Crippen molar-refractivity contribution in [2.75, 3.05) is 31.6 Å². The van der Waals surface area contributed by atoms with Crippen molar-refractivity contribution in [3.05, 3.63) is 46.7 Å². The maximum atomic E-state index is 12.9. The van der Waals surface area contributed by atoms with E-state index in [-0.39, 0.29) is 24.3 Å². The Balaban J connectivity index is 1.25. The normalized spacial score (nSPS) is 19.2. The molecule has 1 aliphatic heterocycles. The van der Waals surface area contributed by atoms with Gasteiger partial charge in [0.15, 0.2) is 11.5 Å². The fraction of sp³-hybridized carbons (Fsp3) is 0.458. The number of fused-ring (bicyclic) bond motifs is 1. The number of anilines is 1. The quantitative estimate of drug-likeness (QED) is 0.519. The predicted molar refractivity (Wildman–Crippen MR) is 123 cm³/mol. The van der Waals surface area contributed by atoms with Crippen LogP contribution in [0, 0.1) is 0 Å². The molecule has 1 atom stereocenters. The first-order valence-electron chi connectivity index (χ1n) is 11.3. The molecule has 2 fully saturated rings. The third-order valence-corrected chi connectivity index (χ3v) is 7.02. The molecule has 2 aromatic heterocycles. The molecule has 1 aromatic carbocycles. The van der Waals surface area contributed by atoms with Crippen LogP contribution in [0.2, 0.25) is 0 Å². The molecule has 168 valence electrons. The molecule has 0 bridgehead atoms. The van der Waals surface area contributed by atoms with Crippen LogP contribution in [-0.2, 0) is 9.53 Å². The Morgan fingerprint density at radius 2 is 2.09 bits per heavy atom. The number of nitrogens with one attached hydrogen (secondary N) is 1. The van der Waals surface area contributed by atoms with Crippen molar-refractivity contribution >= 4 is 39.3 Å². The fourth-order valence-electron chi connectivity index (χ4n) is 4.41. The summed E-state index contributed by atoms with van der Waals surface area (Å²) < 4.78 is 11.2. The van der Waals surface area contributed by atoms with Crippen LogP contribution in [-0.4, -0.2) is 48.0 Å². The first-order chi connectivity index (χ1) is 15.6. The Kier molecular flexibility index (Phi) is 5.97. The van der Waals surface area contributed by atoms with Crippen molar-refractivity contribution in [1.82, 2.24) is 9.88 Å². The number of amides is 1. The van der Waals surface area contributed by atoms with E-state index in [0.29, 0.717) is 23.1 Å². The molecule has 1 saturated carbocycles. The minimum absolute atomic E-state index is 0.113. The lowest BCUT2D eigenvalue weighted by molar-refractivity contribution is -0.117. The van der Waals surface area contributed by atoms with Crippen LogP contribution >= 0.6 is 11.3 Å². The molecule has 1 aliphatic carbocycles. The van der Waals surface area contributed by atoms with E-state index in [9.17, 15) is 9.59 Å². The van der Waals surface area contributed by atoms with Gasteiger partial charge in [-0.1, -0.05) is 12.1 Å². The summed E-state index contributed by atoms with van der Waals surface area (Å²) in [6.07, 6.45) is 4.15. The summed E-state index contributed by atoms with van der Waals surface area (Å²) in [5.41, 5.74) is 3.22. The number of hydrogen-bond acceptors (Lipinski definition) is 7. The number of benzene rings is 1. The van der Waals surface area contributed by atoms with Crippen LogP contribution < -0.4 is 5.32 Å². The number of ether oxygens (including phenoxy) is 1. The van der Waals surface area contributed by atoms with Gasteiger partial charge in [-0.2, -0.15) is 0 Å². The number of hydrogen-bond donors (Lipinski definition) is 1. The monoisotopic (exact) mass is 453 g/mol. The maximum Gasteiger partial charge on any atom is 0.341 e. The highest BCUT2D eigenvalue weighted by Gasteiger charge is 2.33. The van der Waals surface area contributed by atoms with Gasteiger partial charge in [0, 0.05) is 12.5 Å². The summed E-state index contributed by atoms with van der Waals surface area (Å²) in [4.78, 5) is 32.2. The predicted octanol–water partition coefficient (Wildman–Crippen LogP) is 4.76. The molecule has 5 rings (SSSR count). The topological polar surface area (TPSA) is 84.7 Å². The van der Waals surface area contributed by atoms with Gasteiger partial charge in [-0.25, -0.2) is 9.78 Å². The summed E-state index contributed by atoms with van der Waals surface area (Å²) in [6, 6.07) is 7.78. The zero-order valence-electron chi connectivity index (χ0n) is 18.1. The number of para-hydroxylation sites is 2. The first kappa shape index (κ1) is 21.2. The number of carbonyl (C=O) groups excluding carboxylic acids is 2. The molecule has 3 heterocycles. The van der Waals surface area contributed by atoms with E-state index in [0.717, 1.165) is 61.3 Å². The number of thiophene rings is 1. The van der Waals surface area contributed by atoms with E-state index in [1.807, 2.05) is 29.6 Å². The summed E-state index contributed by atoms with van der Waals surface area (Å²) in [5.74, 6) is 0.865. The van der Waals surface area contributed by atoms with Crippen molar-refractivity contribution in [3.63, 3.8) is 0 Å². The summed E-state index contributed by atoms with van der Waals surface area (Å²) in [7, 11) is 0. The van der Waals surface area contributed by atoms with Gasteiger partial charge in [-0.05, 0) is 68.1 Å². The average molecular weight is 454 g/mol. The molecular formula is C24H27N3O4S. The highest BCUT2D eigenvalue weighted by molar-refractivity contribution is 7.15. The summed E-state index contributed by atoms with van der Waals surface area (Å²) in [6.45, 7) is 3.96. The Labute approximate surface area is 190 Å². The molecule has 32 heavy (non-hydrogen) atoms. The minimum atomic E-state index is -0.347. The second kappa shape index (κ2) is 9.03. The molecule has 2 aliphatic rings. The van der Waals surface area contributed by atoms with Gasteiger partial charge in [0.25, 0.3) is 0 Å². The number of piperidine rings is 1. The lowest BCUT2D eigenvalue weighted by Gasteiger charge is -2.30. The zero-order valence-corrected chi connectivity index (χ0v) is 19.0. The molecule has 1 saturated heterocycles. The van der Waals surface area contributed by atoms with E-state index < -0.39 is 0 Å². The van der Waals surface area contributed by atoms with E-state index in [1.165, 1.54) is 11.3 Å². The first-order valence-corrected chi connectivity index (χ1v) is 12.2. The van der Waals surface area contributed by atoms with Crippen LogP contribution in [0.15, 0.2) is 34.1 Å². The smallest absolute Gasteiger partial charge is 0.341 e. The Hall–Kier alpha value is -2.71. The van der Waals surface area contributed by atoms with Gasteiger partial charge in [-0.15, -0.1) is 11.3 Å². The molecule has 0 spiro atoms. The zero-order chi connectivity index (χ0) is 22.1. The second-order valence-electron chi connectivity index (χ2n) is 8.53. The molecule has 7 nitrogen and oxygen atoms in total. The lowest BCUT2D eigenvalue weighted by atomic mass is 9.98. The average Bonchev–Trinajstić information content (AvgIpc) is 3.40. The van der Waals surface area contributed by atoms with Crippen molar-refractivity contribution in [1.29, 1.82) is 0 Å². The van der Waals surface area contributed by atoms with Crippen LogP contribution in [0.3, 0.4) is 0 Å². The molecule has 3 aromatic rings. The molecular weight excluding hydrogens is 426 g/mol. The molecule has 1 N–H and O–H groups in total. The van der Waals surface area contributed by atoms with Crippen LogP contribution in [0.1, 0.15) is 66.3 Å². The van der Waals surface area contributed by atoms with Crippen LogP contribution in [0.5, 0.6) is 0 Å². The van der Waals surface area contributed by atoms with Gasteiger partial charge in [0.2, 0.25) is 5.91 Å². The summed E-state index contributed by atoms with van der Waals surface area (Å²) >= 11 is 1.41. The number of likely N-dealkylation sites (tertiary alicyclic amines) is 1. The molecule has 0 radical (unpaired) electrons. The van der Waals surface area contributed by atoms with Crippen LogP contribution in [0.4, 0.5) is 5.00 Å². The third-order valence-electron chi connectivity index (χ3n) is 6.10. The molecule has 1 unspecified atom stereocenters. The Morgan fingerprint density at radius 3 is 2.88 bits per heavy atom. The van der Waals surface area contributed by atoms with Crippen molar-refractivity contribution in [2.24, 2.45) is 0 Å². The lowest BCUT2D eigenvalue weighted by Crippen LogP contribution is -2.39. The maximum absolute atomic E-state index is 12.9. The Morgan fingerprint density at radius 1 is 1.25 bits per heavy atom. The van der Waals surface area contributed by atoms with Gasteiger partial charge in [-0.3, -0.25) is 9.69 Å². The Bertz CT molecular complexity index is 1100. The minimum Gasteiger partial charge on any atom is -0.462 e.